The Morgan fingerprint density at radius 2 is 1.83 bits per heavy atom. The number of rotatable bonds is 4. The van der Waals surface area contributed by atoms with Crippen LogP contribution in [0.4, 0.5) is 0 Å². The fourth-order valence-electron chi connectivity index (χ4n) is 1.95. The smallest absolute Gasteiger partial charge is 0.125 e. The van der Waals surface area contributed by atoms with Crippen LogP contribution >= 0.6 is 23.2 Å². The summed E-state index contributed by atoms with van der Waals surface area (Å²) < 4.78 is 5.77. The van der Waals surface area contributed by atoms with Gasteiger partial charge < -0.3 is 9.73 Å². The topological polar surface area (TPSA) is 25.2 Å². The molecule has 0 saturated carbocycles. The van der Waals surface area contributed by atoms with E-state index in [1.165, 1.54) is 0 Å². The van der Waals surface area contributed by atoms with Crippen LogP contribution in [0, 0.1) is 0 Å². The predicted molar refractivity (Wildman–Crippen MR) is 75.5 cm³/mol. The molecule has 0 aliphatic heterocycles. The first-order valence-corrected chi connectivity index (χ1v) is 6.61. The minimum absolute atomic E-state index is 0.0403. The molecule has 2 aromatic rings. The maximum Gasteiger partial charge on any atom is 0.125 e. The standard InChI is InChI=1S/C14H15Cl2NO/c1-3-12-4-5-13(18-12)14(17-2)9-6-10(15)8-11(16)7-9/h4-8,14,17H,3H2,1-2H3. The van der Waals surface area contributed by atoms with E-state index in [-0.39, 0.29) is 6.04 Å². The summed E-state index contributed by atoms with van der Waals surface area (Å²) in [5.41, 5.74) is 0.993. The molecule has 2 rings (SSSR count). The third-order valence-electron chi connectivity index (χ3n) is 2.82. The van der Waals surface area contributed by atoms with E-state index in [2.05, 4.69) is 12.2 Å². The van der Waals surface area contributed by atoms with E-state index in [9.17, 15) is 0 Å². The van der Waals surface area contributed by atoms with Crippen LogP contribution in [0.1, 0.15) is 30.0 Å². The molecule has 0 saturated heterocycles. The Balaban J connectivity index is 2.38. The molecule has 96 valence electrons. The van der Waals surface area contributed by atoms with Crippen LogP contribution in [-0.4, -0.2) is 7.05 Å². The quantitative estimate of drug-likeness (QED) is 0.896. The van der Waals surface area contributed by atoms with Gasteiger partial charge in [-0.15, -0.1) is 0 Å². The monoisotopic (exact) mass is 283 g/mol. The summed E-state index contributed by atoms with van der Waals surface area (Å²) in [4.78, 5) is 0. The highest BCUT2D eigenvalue weighted by atomic mass is 35.5. The summed E-state index contributed by atoms with van der Waals surface area (Å²) in [5.74, 6) is 1.84. The van der Waals surface area contributed by atoms with Crippen molar-refractivity contribution >= 4 is 23.2 Å². The molecule has 0 aliphatic rings. The minimum atomic E-state index is -0.0403. The van der Waals surface area contributed by atoms with Crippen LogP contribution in [0.25, 0.3) is 0 Å². The van der Waals surface area contributed by atoms with Gasteiger partial charge in [0.05, 0.1) is 6.04 Å². The summed E-state index contributed by atoms with van der Waals surface area (Å²) in [5, 5.41) is 4.47. The molecule has 1 heterocycles. The third kappa shape index (κ3) is 2.89. The molecule has 1 aromatic carbocycles. The fourth-order valence-corrected chi connectivity index (χ4v) is 2.50. The largest absolute Gasteiger partial charge is 0.464 e. The lowest BCUT2D eigenvalue weighted by atomic mass is 10.1. The summed E-state index contributed by atoms with van der Waals surface area (Å²) in [6.45, 7) is 2.06. The lowest BCUT2D eigenvalue weighted by Crippen LogP contribution is -2.17. The van der Waals surface area contributed by atoms with Gasteiger partial charge in [-0.2, -0.15) is 0 Å². The average molecular weight is 284 g/mol. The van der Waals surface area contributed by atoms with E-state index in [4.69, 9.17) is 27.6 Å². The van der Waals surface area contributed by atoms with Crippen LogP contribution in [0.15, 0.2) is 34.7 Å². The van der Waals surface area contributed by atoms with Crippen LogP contribution in [0.5, 0.6) is 0 Å². The van der Waals surface area contributed by atoms with E-state index >= 15 is 0 Å². The highest BCUT2D eigenvalue weighted by Crippen LogP contribution is 2.28. The summed E-state index contributed by atoms with van der Waals surface area (Å²) >= 11 is 12.1. The normalized spacial score (nSPS) is 12.7. The molecule has 0 radical (unpaired) electrons. The van der Waals surface area contributed by atoms with Crippen molar-refractivity contribution in [2.75, 3.05) is 7.05 Å². The van der Waals surface area contributed by atoms with Crippen molar-refractivity contribution in [1.29, 1.82) is 0 Å². The first-order valence-electron chi connectivity index (χ1n) is 5.86. The van der Waals surface area contributed by atoms with Gasteiger partial charge in [0.1, 0.15) is 11.5 Å². The molecule has 4 heteroatoms. The first kappa shape index (κ1) is 13.5. The van der Waals surface area contributed by atoms with Gasteiger partial charge in [-0.1, -0.05) is 30.1 Å². The van der Waals surface area contributed by atoms with Crippen molar-refractivity contribution in [3.8, 4) is 0 Å². The lowest BCUT2D eigenvalue weighted by molar-refractivity contribution is 0.434. The van der Waals surface area contributed by atoms with E-state index in [0.29, 0.717) is 10.0 Å². The molecule has 1 N–H and O–H groups in total. The fraction of sp³-hybridized carbons (Fsp3) is 0.286. The SMILES string of the molecule is CCc1ccc(C(NC)c2cc(Cl)cc(Cl)c2)o1. The van der Waals surface area contributed by atoms with Crippen molar-refractivity contribution in [3.63, 3.8) is 0 Å². The molecule has 0 spiro atoms. The highest BCUT2D eigenvalue weighted by molar-refractivity contribution is 6.34. The minimum Gasteiger partial charge on any atom is -0.464 e. The number of furan rings is 1. The molecule has 1 atom stereocenters. The Labute approximate surface area is 117 Å². The van der Waals surface area contributed by atoms with Gasteiger partial charge in [-0.05, 0) is 42.9 Å². The van der Waals surface area contributed by atoms with Crippen molar-refractivity contribution in [2.24, 2.45) is 0 Å². The zero-order chi connectivity index (χ0) is 13.1. The molecule has 0 amide bonds. The van der Waals surface area contributed by atoms with Gasteiger partial charge in [0.25, 0.3) is 0 Å². The summed E-state index contributed by atoms with van der Waals surface area (Å²) in [6.07, 6.45) is 0.882. The lowest BCUT2D eigenvalue weighted by Gasteiger charge is -2.15. The number of hydrogen-bond donors (Lipinski definition) is 1. The summed E-state index contributed by atoms with van der Waals surface area (Å²) in [6, 6.07) is 9.44. The zero-order valence-electron chi connectivity index (χ0n) is 10.3. The third-order valence-corrected chi connectivity index (χ3v) is 3.26. The van der Waals surface area contributed by atoms with Crippen LogP contribution in [0.3, 0.4) is 0 Å². The van der Waals surface area contributed by atoms with E-state index in [1.807, 2.05) is 31.3 Å². The Kier molecular flexibility index (Phi) is 4.33. The second-order valence-electron chi connectivity index (χ2n) is 4.08. The molecule has 1 unspecified atom stereocenters. The average Bonchev–Trinajstić information content (AvgIpc) is 2.77. The van der Waals surface area contributed by atoms with Crippen LogP contribution in [-0.2, 0) is 6.42 Å². The van der Waals surface area contributed by atoms with Gasteiger partial charge in [-0.25, -0.2) is 0 Å². The van der Waals surface area contributed by atoms with Crippen LogP contribution < -0.4 is 5.32 Å². The van der Waals surface area contributed by atoms with Crippen molar-refractivity contribution in [1.82, 2.24) is 5.32 Å². The Morgan fingerprint density at radius 1 is 1.17 bits per heavy atom. The number of hydrogen-bond acceptors (Lipinski definition) is 2. The Hall–Kier alpha value is -0.960. The van der Waals surface area contributed by atoms with Crippen LogP contribution in [0.2, 0.25) is 10.0 Å². The molecule has 18 heavy (non-hydrogen) atoms. The number of nitrogens with one attached hydrogen (secondary N) is 1. The summed E-state index contributed by atoms with van der Waals surface area (Å²) in [7, 11) is 1.88. The van der Waals surface area contributed by atoms with Gasteiger partial charge in [0, 0.05) is 16.5 Å². The Bertz CT molecular complexity index is 516. The van der Waals surface area contributed by atoms with Crippen molar-refractivity contribution < 1.29 is 4.42 Å². The maximum absolute atomic E-state index is 6.03. The van der Waals surface area contributed by atoms with Crippen molar-refractivity contribution in [2.45, 2.75) is 19.4 Å². The molecule has 0 bridgehead atoms. The van der Waals surface area contributed by atoms with E-state index < -0.39 is 0 Å². The van der Waals surface area contributed by atoms with Gasteiger partial charge in [0.15, 0.2) is 0 Å². The molecule has 0 fully saturated rings. The van der Waals surface area contributed by atoms with Gasteiger partial charge >= 0.3 is 0 Å². The second kappa shape index (κ2) is 5.79. The van der Waals surface area contributed by atoms with E-state index in [1.54, 1.807) is 6.07 Å². The second-order valence-corrected chi connectivity index (χ2v) is 4.95. The number of halogens is 2. The number of benzene rings is 1. The highest BCUT2D eigenvalue weighted by Gasteiger charge is 2.16. The number of aryl methyl sites for hydroxylation is 1. The maximum atomic E-state index is 6.03. The molecule has 0 aliphatic carbocycles. The molecular formula is C14H15Cl2NO. The Morgan fingerprint density at radius 3 is 2.33 bits per heavy atom. The molecule has 2 nitrogen and oxygen atoms in total. The van der Waals surface area contributed by atoms with Gasteiger partial charge in [-0.3, -0.25) is 0 Å². The first-order chi connectivity index (χ1) is 8.63. The van der Waals surface area contributed by atoms with Crippen molar-refractivity contribution in [3.05, 3.63) is 57.5 Å². The zero-order valence-corrected chi connectivity index (χ0v) is 11.8. The predicted octanol–water partition coefficient (Wildman–Crippen LogP) is 4.46. The van der Waals surface area contributed by atoms with Gasteiger partial charge in [0.2, 0.25) is 0 Å². The molecule has 1 aromatic heterocycles. The van der Waals surface area contributed by atoms with E-state index in [0.717, 1.165) is 23.5 Å². The molecular weight excluding hydrogens is 269 g/mol.